The van der Waals surface area contributed by atoms with Gasteiger partial charge in [-0.3, -0.25) is 4.68 Å². The number of benzene rings is 1. The molecule has 1 aliphatic rings. The van der Waals surface area contributed by atoms with Crippen molar-refractivity contribution in [1.29, 1.82) is 0 Å². The van der Waals surface area contributed by atoms with E-state index in [1.54, 1.807) is 4.68 Å². The highest BCUT2D eigenvalue weighted by atomic mass is 16.5. The molecule has 1 aromatic carbocycles. The van der Waals surface area contributed by atoms with E-state index >= 15 is 0 Å². The Bertz CT molecular complexity index is 563. The van der Waals surface area contributed by atoms with Gasteiger partial charge in [0.05, 0.1) is 18.4 Å². The normalized spacial score (nSPS) is 15.2. The van der Waals surface area contributed by atoms with Crippen molar-refractivity contribution in [2.24, 2.45) is 7.05 Å². The number of ether oxygens (including phenoxy) is 1. The average molecular weight is 244 g/mol. The van der Waals surface area contributed by atoms with Gasteiger partial charge in [0.2, 0.25) is 0 Å². The molecular formula is C14H16N2O2. The van der Waals surface area contributed by atoms with Crippen LogP contribution in [-0.4, -0.2) is 21.5 Å². The molecule has 18 heavy (non-hydrogen) atoms. The molecule has 1 atom stereocenters. The Morgan fingerprint density at radius 2 is 2.33 bits per heavy atom. The predicted octanol–water partition coefficient (Wildman–Crippen LogP) is 1.63. The molecule has 3 rings (SSSR count). The van der Waals surface area contributed by atoms with E-state index in [1.165, 1.54) is 5.56 Å². The van der Waals surface area contributed by atoms with Crippen molar-refractivity contribution < 1.29 is 9.84 Å². The van der Waals surface area contributed by atoms with Crippen LogP contribution in [0.4, 0.5) is 0 Å². The van der Waals surface area contributed by atoms with Gasteiger partial charge in [-0.25, -0.2) is 0 Å². The third kappa shape index (κ3) is 2.11. The highest BCUT2D eigenvalue weighted by molar-refractivity contribution is 5.40. The van der Waals surface area contributed by atoms with Gasteiger partial charge >= 0.3 is 0 Å². The number of nitrogens with zero attached hydrogens (tertiary/aromatic N) is 2. The van der Waals surface area contributed by atoms with Crippen LogP contribution in [0.1, 0.15) is 22.9 Å². The van der Waals surface area contributed by atoms with Crippen molar-refractivity contribution >= 4 is 0 Å². The standard InChI is InChI=1S/C14H16N2O2/c1-16-6-4-12(15-16)9-13(17)10-2-3-14-11(8-10)5-7-18-14/h2-4,6,8,13,17H,5,7,9H2,1H3. The van der Waals surface area contributed by atoms with E-state index in [4.69, 9.17) is 4.74 Å². The molecule has 1 aliphatic heterocycles. The number of aliphatic hydroxyl groups excluding tert-OH is 1. The Morgan fingerprint density at radius 1 is 1.44 bits per heavy atom. The molecule has 1 N–H and O–H groups in total. The first-order chi connectivity index (χ1) is 8.72. The molecule has 0 radical (unpaired) electrons. The Balaban J connectivity index is 1.78. The van der Waals surface area contributed by atoms with Gasteiger partial charge < -0.3 is 9.84 Å². The Kier molecular flexibility index (Phi) is 2.80. The number of aliphatic hydroxyl groups is 1. The molecule has 0 bridgehead atoms. The van der Waals surface area contributed by atoms with E-state index in [0.29, 0.717) is 6.42 Å². The van der Waals surface area contributed by atoms with Gasteiger partial charge in [0.1, 0.15) is 5.75 Å². The minimum Gasteiger partial charge on any atom is -0.493 e. The van der Waals surface area contributed by atoms with Gasteiger partial charge in [-0.15, -0.1) is 0 Å². The molecule has 2 heterocycles. The van der Waals surface area contributed by atoms with Crippen molar-refractivity contribution in [3.63, 3.8) is 0 Å². The maximum absolute atomic E-state index is 10.2. The van der Waals surface area contributed by atoms with Crippen molar-refractivity contribution in [2.75, 3.05) is 6.61 Å². The Hall–Kier alpha value is -1.81. The summed E-state index contributed by atoms with van der Waals surface area (Å²) in [4.78, 5) is 0. The van der Waals surface area contributed by atoms with Crippen LogP contribution >= 0.6 is 0 Å². The summed E-state index contributed by atoms with van der Waals surface area (Å²) < 4.78 is 7.21. The van der Waals surface area contributed by atoms with E-state index in [1.807, 2.05) is 37.5 Å². The summed E-state index contributed by atoms with van der Waals surface area (Å²) in [7, 11) is 1.88. The van der Waals surface area contributed by atoms with Gasteiger partial charge in [-0.2, -0.15) is 5.10 Å². The second-order valence-electron chi connectivity index (χ2n) is 4.67. The lowest BCUT2D eigenvalue weighted by Crippen LogP contribution is -2.03. The smallest absolute Gasteiger partial charge is 0.122 e. The SMILES string of the molecule is Cn1ccc(CC(O)c2ccc3c(c2)CCO3)n1. The maximum Gasteiger partial charge on any atom is 0.122 e. The van der Waals surface area contributed by atoms with Gasteiger partial charge in [-0.05, 0) is 29.3 Å². The fraction of sp³-hybridized carbons (Fsp3) is 0.357. The van der Waals surface area contributed by atoms with Crippen LogP contribution in [0.25, 0.3) is 0 Å². The summed E-state index contributed by atoms with van der Waals surface area (Å²) in [6, 6.07) is 7.84. The minimum atomic E-state index is -0.509. The van der Waals surface area contributed by atoms with Gasteiger partial charge in [0.15, 0.2) is 0 Å². The summed E-state index contributed by atoms with van der Waals surface area (Å²) in [6.45, 7) is 0.745. The average Bonchev–Trinajstić information content (AvgIpc) is 2.96. The second-order valence-corrected chi connectivity index (χ2v) is 4.67. The molecule has 0 saturated heterocycles. The van der Waals surface area contributed by atoms with Crippen LogP contribution in [-0.2, 0) is 19.9 Å². The molecular weight excluding hydrogens is 228 g/mol. The van der Waals surface area contributed by atoms with E-state index in [0.717, 1.165) is 30.0 Å². The summed E-state index contributed by atoms with van der Waals surface area (Å²) in [5.74, 6) is 0.948. The first kappa shape index (κ1) is 11.3. The van der Waals surface area contributed by atoms with E-state index in [9.17, 15) is 5.11 Å². The van der Waals surface area contributed by atoms with Crippen LogP contribution in [0.2, 0.25) is 0 Å². The number of rotatable bonds is 3. The molecule has 0 amide bonds. The molecule has 0 aliphatic carbocycles. The monoisotopic (exact) mass is 244 g/mol. The number of hydrogen-bond acceptors (Lipinski definition) is 3. The molecule has 1 unspecified atom stereocenters. The summed E-state index contributed by atoms with van der Waals surface area (Å²) in [5, 5.41) is 14.5. The number of fused-ring (bicyclic) bond motifs is 1. The van der Waals surface area contributed by atoms with Crippen LogP contribution in [0.3, 0.4) is 0 Å². The Morgan fingerprint density at radius 3 is 3.11 bits per heavy atom. The minimum absolute atomic E-state index is 0.509. The molecule has 0 saturated carbocycles. The zero-order valence-corrected chi connectivity index (χ0v) is 10.3. The summed E-state index contributed by atoms with van der Waals surface area (Å²) in [6.07, 6.45) is 2.85. The lowest BCUT2D eigenvalue weighted by Gasteiger charge is -2.10. The topological polar surface area (TPSA) is 47.3 Å². The number of aromatic nitrogens is 2. The molecule has 0 spiro atoms. The third-order valence-corrected chi connectivity index (χ3v) is 3.27. The molecule has 4 nitrogen and oxygen atoms in total. The fourth-order valence-corrected chi connectivity index (χ4v) is 2.30. The van der Waals surface area contributed by atoms with E-state index in [-0.39, 0.29) is 0 Å². The zero-order valence-electron chi connectivity index (χ0n) is 10.3. The second kappa shape index (κ2) is 4.46. The quantitative estimate of drug-likeness (QED) is 0.892. The van der Waals surface area contributed by atoms with Crippen LogP contribution in [0.15, 0.2) is 30.5 Å². The first-order valence-electron chi connectivity index (χ1n) is 6.14. The molecule has 4 heteroatoms. The lowest BCUT2D eigenvalue weighted by atomic mass is 10.0. The zero-order chi connectivity index (χ0) is 12.5. The lowest BCUT2D eigenvalue weighted by molar-refractivity contribution is 0.177. The molecule has 2 aromatic rings. The van der Waals surface area contributed by atoms with Crippen molar-refractivity contribution in [3.05, 3.63) is 47.3 Å². The van der Waals surface area contributed by atoms with Crippen LogP contribution in [0, 0.1) is 0 Å². The van der Waals surface area contributed by atoms with E-state index < -0.39 is 6.10 Å². The summed E-state index contributed by atoms with van der Waals surface area (Å²) >= 11 is 0. The molecule has 1 aromatic heterocycles. The maximum atomic E-state index is 10.2. The largest absolute Gasteiger partial charge is 0.493 e. The van der Waals surface area contributed by atoms with Gasteiger partial charge in [-0.1, -0.05) is 6.07 Å². The van der Waals surface area contributed by atoms with Crippen LogP contribution in [0.5, 0.6) is 5.75 Å². The molecule has 0 fully saturated rings. The Labute approximate surface area is 106 Å². The van der Waals surface area contributed by atoms with Crippen molar-refractivity contribution in [3.8, 4) is 5.75 Å². The highest BCUT2D eigenvalue weighted by Crippen LogP contribution is 2.29. The fourth-order valence-electron chi connectivity index (χ4n) is 2.30. The number of hydrogen-bond donors (Lipinski definition) is 1. The summed E-state index contributed by atoms with van der Waals surface area (Å²) in [5.41, 5.74) is 3.03. The highest BCUT2D eigenvalue weighted by Gasteiger charge is 2.16. The first-order valence-corrected chi connectivity index (χ1v) is 6.14. The van der Waals surface area contributed by atoms with Crippen LogP contribution < -0.4 is 4.74 Å². The predicted molar refractivity (Wildman–Crippen MR) is 67.5 cm³/mol. The van der Waals surface area contributed by atoms with Gasteiger partial charge in [0.25, 0.3) is 0 Å². The van der Waals surface area contributed by atoms with Crippen molar-refractivity contribution in [2.45, 2.75) is 18.9 Å². The van der Waals surface area contributed by atoms with E-state index in [2.05, 4.69) is 5.10 Å². The van der Waals surface area contributed by atoms with Crippen molar-refractivity contribution in [1.82, 2.24) is 9.78 Å². The van der Waals surface area contributed by atoms with Gasteiger partial charge in [0, 0.05) is 26.1 Å². The third-order valence-electron chi connectivity index (χ3n) is 3.27. The molecule has 94 valence electrons. The number of aryl methyl sites for hydroxylation is 1.